The van der Waals surface area contributed by atoms with E-state index in [2.05, 4.69) is 0 Å². The molecule has 1 aliphatic carbocycles. The van der Waals surface area contributed by atoms with Crippen LogP contribution in [-0.4, -0.2) is 47.3 Å². The molecule has 4 nitrogen and oxygen atoms in total. The molecular weight excluding hydrogens is 343 g/mol. The molecule has 2 bridgehead atoms. The summed E-state index contributed by atoms with van der Waals surface area (Å²) in [5.74, 6) is 0.0531. The number of rotatable bonds is 2. The molecule has 3 saturated heterocycles. The third-order valence-corrected chi connectivity index (χ3v) is 6.07. The van der Waals surface area contributed by atoms with Crippen LogP contribution in [0.15, 0.2) is 18.2 Å². The van der Waals surface area contributed by atoms with E-state index in [1.54, 1.807) is 0 Å². The standard InChI is InChI=1S/C19H22ClFN2O2/c20-15-6-14(7-16(21)8-15)19(25)23-10-12-4-5-17(23)11-22(9-12)18(24)13-2-1-3-13/h6-8,12-13,17H,1-5,9-11H2/t12-,17+/m0/s1. The van der Waals surface area contributed by atoms with Crippen molar-refractivity contribution in [2.45, 2.75) is 38.1 Å². The van der Waals surface area contributed by atoms with E-state index in [-0.39, 0.29) is 34.4 Å². The van der Waals surface area contributed by atoms with E-state index in [9.17, 15) is 14.0 Å². The fraction of sp³-hybridized carbons (Fsp3) is 0.579. The van der Waals surface area contributed by atoms with Gasteiger partial charge in [0.1, 0.15) is 5.82 Å². The number of carbonyl (C=O) groups is 2. The molecule has 134 valence electrons. The van der Waals surface area contributed by atoms with E-state index >= 15 is 0 Å². The molecule has 4 aliphatic rings. The van der Waals surface area contributed by atoms with Gasteiger partial charge in [-0.05, 0) is 49.8 Å². The average molecular weight is 365 g/mol. The molecule has 1 aromatic carbocycles. The number of hydrogen-bond acceptors (Lipinski definition) is 2. The van der Waals surface area contributed by atoms with Crippen molar-refractivity contribution < 1.29 is 14.0 Å². The van der Waals surface area contributed by atoms with Crippen LogP contribution >= 0.6 is 11.6 Å². The van der Waals surface area contributed by atoms with Gasteiger partial charge in [0.15, 0.2) is 0 Å². The lowest BCUT2D eigenvalue weighted by atomic mass is 9.84. The Kier molecular flexibility index (Phi) is 4.44. The second-order valence-corrected chi connectivity index (χ2v) is 8.02. The molecular formula is C19H22ClFN2O2. The first-order valence-electron chi connectivity index (χ1n) is 9.07. The minimum atomic E-state index is -0.502. The molecule has 4 fully saturated rings. The second-order valence-electron chi connectivity index (χ2n) is 7.58. The van der Waals surface area contributed by atoms with Gasteiger partial charge in [0, 0.05) is 42.2 Å². The maximum absolute atomic E-state index is 13.6. The van der Waals surface area contributed by atoms with Gasteiger partial charge >= 0.3 is 0 Å². The summed E-state index contributed by atoms with van der Waals surface area (Å²) in [6.45, 7) is 1.96. The zero-order chi connectivity index (χ0) is 17.6. The Morgan fingerprint density at radius 3 is 2.52 bits per heavy atom. The average Bonchev–Trinajstić information content (AvgIpc) is 2.83. The Hall–Kier alpha value is -1.62. The van der Waals surface area contributed by atoms with Gasteiger partial charge < -0.3 is 9.80 Å². The van der Waals surface area contributed by atoms with E-state index in [0.29, 0.717) is 19.0 Å². The molecule has 0 spiro atoms. The zero-order valence-electron chi connectivity index (χ0n) is 14.1. The predicted molar refractivity (Wildman–Crippen MR) is 92.9 cm³/mol. The van der Waals surface area contributed by atoms with Gasteiger partial charge in [-0.2, -0.15) is 0 Å². The number of carbonyl (C=O) groups excluding carboxylic acids is 2. The summed E-state index contributed by atoms with van der Waals surface area (Å²) in [5.41, 5.74) is 0.286. The van der Waals surface area contributed by atoms with Crippen LogP contribution in [0.2, 0.25) is 5.02 Å². The van der Waals surface area contributed by atoms with Crippen molar-refractivity contribution in [2.24, 2.45) is 11.8 Å². The zero-order valence-corrected chi connectivity index (χ0v) is 14.8. The number of amides is 2. The van der Waals surface area contributed by atoms with Gasteiger partial charge in [-0.25, -0.2) is 4.39 Å². The molecule has 0 N–H and O–H groups in total. The van der Waals surface area contributed by atoms with Crippen molar-refractivity contribution in [1.82, 2.24) is 9.80 Å². The monoisotopic (exact) mass is 364 g/mol. The molecule has 3 aliphatic heterocycles. The van der Waals surface area contributed by atoms with Crippen LogP contribution in [0.1, 0.15) is 42.5 Å². The summed E-state index contributed by atoms with van der Waals surface area (Å²) < 4.78 is 13.6. The van der Waals surface area contributed by atoms with Gasteiger partial charge in [0.25, 0.3) is 5.91 Å². The van der Waals surface area contributed by atoms with Gasteiger partial charge in [-0.3, -0.25) is 9.59 Å². The molecule has 2 amide bonds. The summed E-state index contributed by atoms with van der Waals surface area (Å²) in [4.78, 5) is 29.4. The first-order chi connectivity index (χ1) is 12.0. The normalized spacial score (nSPS) is 26.3. The fourth-order valence-electron chi connectivity index (χ4n) is 4.27. The molecule has 25 heavy (non-hydrogen) atoms. The lowest BCUT2D eigenvalue weighted by Crippen LogP contribution is -2.48. The van der Waals surface area contributed by atoms with E-state index in [4.69, 9.17) is 11.6 Å². The van der Waals surface area contributed by atoms with Crippen molar-refractivity contribution in [3.8, 4) is 0 Å². The summed E-state index contributed by atoms with van der Waals surface area (Å²) in [6, 6.07) is 3.97. The number of hydrogen-bond donors (Lipinski definition) is 0. The number of halogens is 2. The molecule has 5 rings (SSSR count). The SMILES string of the molecule is O=C(C1CCC1)N1C[C@@H]2CC[C@H](C1)N(C(=O)c1cc(F)cc(Cl)c1)C2. The van der Waals surface area contributed by atoms with Crippen molar-refractivity contribution in [3.63, 3.8) is 0 Å². The van der Waals surface area contributed by atoms with Crippen molar-refractivity contribution in [3.05, 3.63) is 34.6 Å². The van der Waals surface area contributed by atoms with Crippen LogP contribution < -0.4 is 0 Å². The highest BCUT2D eigenvalue weighted by atomic mass is 35.5. The smallest absolute Gasteiger partial charge is 0.254 e. The third-order valence-electron chi connectivity index (χ3n) is 5.85. The number of nitrogens with zero attached hydrogens (tertiary/aromatic N) is 2. The van der Waals surface area contributed by atoms with Crippen molar-refractivity contribution >= 4 is 23.4 Å². The van der Waals surface area contributed by atoms with Crippen LogP contribution in [0, 0.1) is 17.7 Å². The first-order valence-corrected chi connectivity index (χ1v) is 9.45. The molecule has 1 saturated carbocycles. The Morgan fingerprint density at radius 1 is 1.04 bits per heavy atom. The molecule has 0 radical (unpaired) electrons. The van der Waals surface area contributed by atoms with Crippen LogP contribution in [-0.2, 0) is 4.79 Å². The van der Waals surface area contributed by atoms with Crippen LogP contribution in [0.3, 0.4) is 0 Å². The minimum Gasteiger partial charge on any atom is -0.340 e. The van der Waals surface area contributed by atoms with Crippen LogP contribution in [0.5, 0.6) is 0 Å². The molecule has 2 atom stereocenters. The van der Waals surface area contributed by atoms with Gasteiger partial charge in [-0.1, -0.05) is 18.0 Å². The van der Waals surface area contributed by atoms with Crippen molar-refractivity contribution in [1.29, 1.82) is 0 Å². The summed E-state index contributed by atoms with van der Waals surface area (Å²) in [5, 5.41) is 0.227. The largest absolute Gasteiger partial charge is 0.340 e. The maximum atomic E-state index is 13.6. The van der Waals surface area contributed by atoms with Gasteiger partial charge in [-0.15, -0.1) is 0 Å². The molecule has 1 aromatic rings. The van der Waals surface area contributed by atoms with E-state index in [0.717, 1.165) is 38.6 Å². The first kappa shape index (κ1) is 16.8. The Balaban J connectivity index is 1.53. The summed E-state index contributed by atoms with van der Waals surface area (Å²) in [7, 11) is 0. The lowest BCUT2D eigenvalue weighted by Gasteiger charge is -2.36. The number of fused-ring (bicyclic) bond motifs is 4. The summed E-state index contributed by atoms with van der Waals surface area (Å²) in [6.07, 6.45) is 5.06. The van der Waals surface area contributed by atoms with Gasteiger partial charge in [0.05, 0.1) is 0 Å². The van der Waals surface area contributed by atoms with E-state index in [1.165, 1.54) is 18.2 Å². The highest BCUT2D eigenvalue weighted by Gasteiger charge is 2.40. The quantitative estimate of drug-likeness (QED) is 0.807. The van der Waals surface area contributed by atoms with Gasteiger partial charge in [0.2, 0.25) is 5.91 Å². The fourth-order valence-corrected chi connectivity index (χ4v) is 4.49. The summed E-state index contributed by atoms with van der Waals surface area (Å²) >= 11 is 5.90. The van der Waals surface area contributed by atoms with Crippen LogP contribution in [0.25, 0.3) is 0 Å². The van der Waals surface area contributed by atoms with E-state index in [1.807, 2.05) is 9.80 Å². The lowest BCUT2D eigenvalue weighted by molar-refractivity contribution is -0.138. The third kappa shape index (κ3) is 3.26. The predicted octanol–water partition coefficient (Wildman–Crippen LogP) is 3.34. The molecule has 0 aromatic heterocycles. The van der Waals surface area contributed by atoms with Crippen molar-refractivity contribution in [2.75, 3.05) is 19.6 Å². The molecule has 3 heterocycles. The Morgan fingerprint density at radius 2 is 1.84 bits per heavy atom. The highest BCUT2D eigenvalue weighted by molar-refractivity contribution is 6.31. The number of piperidine rings is 1. The molecule has 6 heteroatoms. The number of benzene rings is 1. The topological polar surface area (TPSA) is 40.6 Å². The highest BCUT2D eigenvalue weighted by Crippen LogP contribution is 2.33. The maximum Gasteiger partial charge on any atom is 0.254 e. The minimum absolute atomic E-state index is 0.0114. The Bertz CT molecular complexity index is 686. The molecule has 0 unspecified atom stereocenters. The van der Waals surface area contributed by atoms with Crippen LogP contribution in [0.4, 0.5) is 4.39 Å². The second kappa shape index (κ2) is 6.60. The Labute approximate surface area is 151 Å². The van der Waals surface area contributed by atoms with E-state index < -0.39 is 5.82 Å².